The van der Waals surface area contributed by atoms with E-state index in [-0.39, 0.29) is 44.1 Å². The predicted molar refractivity (Wildman–Crippen MR) is 180 cm³/mol. The number of aliphatic carboxylic acids is 1. The number of nitrogens with zero attached hydrogens (tertiary/aromatic N) is 1. The van der Waals surface area contributed by atoms with Gasteiger partial charge in [0.2, 0.25) is 23.6 Å². The summed E-state index contributed by atoms with van der Waals surface area (Å²) in [6.07, 6.45) is 0.757. The number of carboxylic acids is 1. The molecule has 5 unspecified atom stereocenters. The number of carbonyl (C=O) groups excluding carboxylic acids is 4. The van der Waals surface area contributed by atoms with E-state index in [0.717, 1.165) is 5.56 Å². The Bertz CT molecular complexity index is 1370. The van der Waals surface area contributed by atoms with Crippen LogP contribution in [-0.2, 0) is 36.8 Å². The van der Waals surface area contributed by atoms with Crippen LogP contribution < -0.4 is 38.5 Å². The smallest absolute Gasteiger partial charge is 0.328 e. The minimum atomic E-state index is -1.61. The molecule has 0 bridgehead atoms. The Morgan fingerprint density at radius 3 is 1.58 bits per heavy atom. The van der Waals surface area contributed by atoms with Gasteiger partial charge in [-0.2, -0.15) is 0 Å². The molecule has 262 valence electrons. The van der Waals surface area contributed by atoms with Gasteiger partial charge in [-0.1, -0.05) is 74.5 Å². The van der Waals surface area contributed by atoms with Gasteiger partial charge in [-0.05, 0) is 36.3 Å². The van der Waals surface area contributed by atoms with E-state index in [1.807, 2.05) is 19.9 Å². The van der Waals surface area contributed by atoms with Crippen LogP contribution in [0.4, 0.5) is 0 Å². The largest absolute Gasteiger partial charge is 0.480 e. The molecule has 4 amide bonds. The van der Waals surface area contributed by atoms with Gasteiger partial charge in [0.1, 0.15) is 24.2 Å². The van der Waals surface area contributed by atoms with Crippen LogP contribution in [0.15, 0.2) is 65.7 Å². The van der Waals surface area contributed by atoms with Crippen LogP contribution in [0.25, 0.3) is 0 Å². The maximum absolute atomic E-state index is 13.8. The van der Waals surface area contributed by atoms with E-state index in [4.69, 9.17) is 17.2 Å². The van der Waals surface area contributed by atoms with Crippen molar-refractivity contribution in [3.63, 3.8) is 0 Å². The number of aliphatic hydroxyl groups excluding tert-OH is 1. The highest BCUT2D eigenvalue weighted by Gasteiger charge is 2.32. The van der Waals surface area contributed by atoms with Crippen molar-refractivity contribution in [3.05, 3.63) is 71.8 Å². The maximum Gasteiger partial charge on any atom is 0.328 e. The van der Waals surface area contributed by atoms with E-state index < -0.39 is 66.4 Å². The quantitative estimate of drug-likeness (QED) is 0.0468. The molecule has 2 rings (SSSR count). The van der Waals surface area contributed by atoms with Crippen LogP contribution in [0.3, 0.4) is 0 Å². The van der Waals surface area contributed by atoms with E-state index in [1.54, 1.807) is 54.6 Å². The average molecular weight is 669 g/mol. The van der Waals surface area contributed by atoms with E-state index in [9.17, 15) is 34.2 Å². The fourth-order valence-corrected chi connectivity index (χ4v) is 4.79. The zero-order valence-corrected chi connectivity index (χ0v) is 27.3. The Labute approximate surface area is 280 Å². The van der Waals surface area contributed by atoms with Crippen LogP contribution in [0.5, 0.6) is 0 Å². The summed E-state index contributed by atoms with van der Waals surface area (Å²) >= 11 is 0. The molecule has 0 heterocycles. The number of hydrogen-bond acceptors (Lipinski definition) is 8. The lowest BCUT2D eigenvalue weighted by Gasteiger charge is -2.27. The molecule has 0 fully saturated rings. The van der Waals surface area contributed by atoms with E-state index in [2.05, 4.69) is 26.3 Å². The number of carboxylic acid groups (broad SMARTS) is 1. The number of carbonyl (C=O) groups is 5. The Balaban J connectivity index is 2.37. The Morgan fingerprint density at radius 1 is 0.708 bits per heavy atom. The van der Waals surface area contributed by atoms with Crippen molar-refractivity contribution in [2.75, 3.05) is 13.2 Å². The zero-order valence-electron chi connectivity index (χ0n) is 27.3. The monoisotopic (exact) mass is 668 g/mol. The van der Waals surface area contributed by atoms with Gasteiger partial charge < -0.3 is 48.7 Å². The van der Waals surface area contributed by atoms with Crippen LogP contribution in [0, 0.1) is 5.92 Å². The van der Waals surface area contributed by atoms with Gasteiger partial charge in [-0.25, -0.2) is 4.79 Å². The molecular formula is C33H48N8O7. The van der Waals surface area contributed by atoms with Crippen LogP contribution >= 0.6 is 0 Å². The summed E-state index contributed by atoms with van der Waals surface area (Å²) in [5, 5.41) is 29.0. The van der Waals surface area contributed by atoms with Gasteiger partial charge in [-0.3, -0.25) is 24.2 Å². The summed E-state index contributed by atoms with van der Waals surface area (Å²) in [5.74, 6) is -4.28. The predicted octanol–water partition coefficient (Wildman–Crippen LogP) is -1.09. The molecule has 15 heteroatoms. The first-order valence-electron chi connectivity index (χ1n) is 15.7. The molecule has 0 spiro atoms. The van der Waals surface area contributed by atoms with Gasteiger partial charge in [0.25, 0.3) is 0 Å². The molecule has 5 atom stereocenters. The standard InChI is InChI=1S/C33H48N8O7/c1-20(2)16-23(34)28(43)39-25(17-21-10-5-3-6-11-21)31(46)40-26(18-22-12-7-4-8-13-22)30(45)38-24(14-9-15-37-33(35)36)29(44)41-27(19-42)32(47)48/h3-8,10-13,20,23-27,42H,9,14-19,34H2,1-2H3,(H,38,45)(H,39,43)(H,40,46)(H,41,44)(H,47,48)(H4,35,36,37). The molecule has 0 aromatic heterocycles. The lowest BCUT2D eigenvalue weighted by molar-refractivity contribution is -0.143. The molecule has 0 aliphatic rings. The van der Waals surface area contributed by atoms with Crippen molar-refractivity contribution in [1.29, 1.82) is 0 Å². The van der Waals surface area contributed by atoms with Crippen LogP contribution in [-0.4, -0.2) is 89.1 Å². The van der Waals surface area contributed by atoms with Crippen molar-refractivity contribution in [3.8, 4) is 0 Å². The van der Waals surface area contributed by atoms with Gasteiger partial charge >= 0.3 is 5.97 Å². The lowest BCUT2D eigenvalue weighted by atomic mass is 10.0. The van der Waals surface area contributed by atoms with Gasteiger partial charge in [0.15, 0.2) is 5.96 Å². The molecule has 0 saturated carbocycles. The number of aliphatic hydroxyl groups is 1. The highest BCUT2D eigenvalue weighted by Crippen LogP contribution is 2.10. The number of rotatable bonds is 20. The Morgan fingerprint density at radius 2 is 1.15 bits per heavy atom. The first kappa shape index (κ1) is 39.2. The van der Waals surface area contributed by atoms with Crippen molar-refractivity contribution >= 4 is 35.6 Å². The van der Waals surface area contributed by atoms with E-state index >= 15 is 0 Å². The van der Waals surface area contributed by atoms with Crippen molar-refractivity contribution in [1.82, 2.24) is 21.3 Å². The third kappa shape index (κ3) is 14.2. The molecule has 15 nitrogen and oxygen atoms in total. The fourth-order valence-electron chi connectivity index (χ4n) is 4.79. The highest BCUT2D eigenvalue weighted by atomic mass is 16.4. The first-order chi connectivity index (χ1) is 22.8. The number of amides is 4. The van der Waals surface area contributed by atoms with Gasteiger partial charge in [-0.15, -0.1) is 0 Å². The first-order valence-corrected chi connectivity index (χ1v) is 15.7. The molecule has 0 radical (unpaired) electrons. The molecule has 48 heavy (non-hydrogen) atoms. The second-order valence-corrected chi connectivity index (χ2v) is 11.8. The fraction of sp³-hybridized carbons (Fsp3) is 0.455. The van der Waals surface area contributed by atoms with Crippen molar-refractivity contribution in [2.24, 2.45) is 28.1 Å². The third-order valence-corrected chi connectivity index (χ3v) is 7.27. The topological polar surface area (TPSA) is 264 Å². The van der Waals surface area contributed by atoms with E-state index in [1.165, 1.54) is 0 Å². The van der Waals surface area contributed by atoms with Crippen LogP contribution in [0.2, 0.25) is 0 Å². The number of nitrogens with two attached hydrogens (primary N) is 3. The molecule has 2 aromatic rings. The number of nitrogens with one attached hydrogen (secondary N) is 4. The molecule has 2 aromatic carbocycles. The van der Waals surface area contributed by atoms with Gasteiger partial charge in [0, 0.05) is 19.4 Å². The maximum atomic E-state index is 13.8. The van der Waals surface area contributed by atoms with Crippen molar-refractivity contribution < 1.29 is 34.2 Å². The zero-order chi connectivity index (χ0) is 35.6. The normalized spacial score (nSPS) is 14.0. The summed E-state index contributed by atoms with van der Waals surface area (Å²) in [6, 6.07) is 11.8. The molecular weight excluding hydrogens is 620 g/mol. The average Bonchev–Trinajstić information content (AvgIpc) is 3.04. The van der Waals surface area contributed by atoms with Crippen LogP contribution in [0.1, 0.15) is 44.2 Å². The minimum absolute atomic E-state index is 0.00143. The number of aliphatic imine (C=N–C) groups is 1. The lowest BCUT2D eigenvalue weighted by Crippen LogP contribution is -2.59. The van der Waals surface area contributed by atoms with E-state index in [0.29, 0.717) is 12.0 Å². The summed E-state index contributed by atoms with van der Waals surface area (Å²) in [4.78, 5) is 69.1. The molecule has 12 N–H and O–H groups in total. The highest BCUT2D eigenvalue weighted by molar-refractivity contribution is 5.95. The second kappa shape index (κ2) is 20.3. The SMILES string of the molecule is CC(C)CC(N)C(=O)NC(Cc1ccccc1)C(=O)NC(Cc1ccccc1)C(=O)NC(CCCN=C(N)N)C(=O)NC(CO)C(=O)O. The Hall–Kier alpha value is -5.02. The summed E-state index contributed by atoms with van der Waals surface area (Å²) in [6.45, 7) is 3.09. The number of guanidine groups is 1. The number of benzene rings is 2. The second-order valence-electron chi connectivity index (χ2n) is 11.8. The summed E-state index contributed by atoms with van der Waals surface area (Å²) in [7, 11) is 0. The van der Waals surface area contributed by atoms with Gasteiger partial charge in [0.05, 0.1) is 12.6 Å². The molecule has 0 aliphatic heterocycles. The number of hydrogen-bond donors (Lipinski definition) is 9. The van der Waals surface area contributed by atoms with Crippen molar-refractivity contribution in [2.45, 2.75) is 76.2 Å². The third-order valence-electron chi connectivity index (χ3n) is 7.27. The molecule has 0 saturated heterocycles. The summed E-state index contributed by atoms with van der Waals surface area (Å²) in [5.41, 5.74) is 18.3. The summed E-state index contributed by atoms with van der Waals surface area (Å²) < 4.78 is 0. The minimum Gasteiger partial charge on any atom is -0.480 e. The Kier molecular flexibility index (Phi) is 16.5. The molecule has 0 aliphatic carbocycles.